The topological polar surface area (TPSA) is 50.4 Å². The van der Waals surface area contributed by atoms with Crippen LogP contribution in [0.25, 0.3) is 5.65 Å². The highest BCUT2D eigenvalue weighted by Gasteiger charge is 2.07. The zero-order valence-electron chi connectivity index (χ0n) is 5.70. The van der Waals surface area contributed by atoms with Crippen LogP contribution in [0.5, 0.6) is 5.88 Å². The Labute approximate surface area is 80.9 Å². The molecule has 62 valence electrons. The van der Waals surface area contributed by atoms with Gasteiger partial charge in [-0.25, -0.2) is 4.98 Å². The lowest BCUT2D eigenvalue weighted by Gasteiger charge is -1.96. The van der Waals surface area contributed by atoms with Gasteiger partial charge in [0.25, 0.3) is 0 Å². The Balaban J connectivity index is 2.92. The molecule has 4 nitrogen and oxygen atoms in total. The Morgan fingerprint density at radius 1 is 1.58 bits per heavy atom. The molecule has 2 aromatic heterocycles. The summed E-state index contributed by atoms with van der Waals surface area (Å²) in [5.74, 6) is -0.0318. The molecule has 0 aliphatic heterocycles. The summed E-state index contributed by atoms with van der Waals surface area (Å²) in [5, 5.41) is 13.4. The highest BCUT2D eigenvalue weighted by atomic mass is 79.9. The Hall–Kier alpha value is -0.810. The molecule has 0 saturated carbocycles. The Morgan fingerprint density at radius 2 is 2.33 bits per heavy atom. The molecule has 0 amide bonds. The van der Waals surface area contributed by atoms with Crippen molar-refractivity contribution in [3.8, 4) is 5.88 Å². The van der Waals surface area contributed by atoms with Crippen LogP contribution in [0.3, 0.4) is 0 Å². The predicted molar refractivity (Wildman–Crippen MR) is 47.4 cm³/mol. The first kappa shape index (κ1) is 7.82. The Morgan fingerprint density at radius 3 is 3.08 bits per heavy atom. The maximum Gasteiger partial charge on any atom is 0.217 e. The van der Waals surface area contributed by atoms with E-state index in [4.69, 9.17) is 11.6 Å². The minimum Gasteiger partial charge on any atom is -0.493 e. The van der Waals surface area contributed by atoms with E-state index in [0.29, 0.717) is 10.1 Å². The second kappa shape index (κ2) is 2.60. The molecule has 0 atom stereocenters. The lowest BCUT2D eigenvalue weighted by atomic mass is 10.6. The first-order valence-corrected chi connectivity index (χ1v) is 4.24. The van der Waals surface area contributed by atoms with Crippen molar-refractivity contribution in [2.24, 2.45) is 0 Å². The lowest BCUT2D eigenvalue weighted by molar-refractivity contribution is 0.435. The quantitative estimate of drug-likeness (QED) is 0.724. The second-order valence-corrected chi connectivity index (χ2v) is 3.41. The molecule has 2 heterocycles. The number of aromatic nitrogens is 3. The minimum atomic E-state index is -0.0318. The van der Waals surface area contributed by atoms with Gasteiger partial charge in [0.2, 0.25) is 5.88 Å². The fourth-order valence-electron chi connectivity index (χ4n) is 0.892. The third-order valence-electron chi connectivity index (χ3n) is 1.38. The van der Waals surface area contributed by atoms with Gasteiger partial charge in [-0.05, 0) is 15.9 Å². The van der Waals surface area contributed by atoms with Gasteiger partial charge in [-0.3, -0.25) is 0 Å². The maximum atomic E-state index is 9.32. The van der Waals surface area contributed by atoms with Gasteiger partial charge in [-0.1, -0.05) is 11.6 Å². The predicted octanol–water partition coefficient (Wildman–Crippen LogP) is 1.85. The average molecular weight is 248 g/mol. The summed E-state index contributed by atoms with van der Waals surface area (Å²) in [7, 11) is 0. The van der Waals surface area contributed by atoms with E-state index in [9.17, 15) is 5.11 Å². The maximum absolute atomic E-state index is 9.32. The number of fused-ring (bicyclic) bond motifs is 1. The van der Waals surface area contributed by atoms with Gasteiger partial charge in [-0.2, -0.15) is 9.61 Å². The molecular formula is C6H3BrClN3O. The molecule has 1 N–H and O–H groups in total. The third-order valence-corrected chi connectivity index (χ3v) is 2.13. The van der Waals surface area contributed by atoms with Crippen molar-refractivity contribution in [2.45, 2.75) is 0 Å². The molecule has 0 aliphatic rings. The van der Waals surface area contributed by atoms with Gasteiger partial charge in [0, 0.05) is 6.07 Å². The summed E-state index contributed by atoms with van der Waals surface area (Å²) in [6.45, 7) is 0. The monoisotopic (exact) mass is 247 g/mol. The van der Waals surface area contributed by atoms with Crippen LogP contribution in [0.2, 0.25) is 5.15 Å². The van der Waals surface area contributed by atoms with Crippen molar-refractivity contribution >= 4 is 33.2 Å². The van der Waals surface area contributed by atoms with Gasteiger partial charge in [0.15, 0.2) is 5.65 Å². The van der Waals surface area contributed by atoms with Crippen LogP contribution in [-0.4, -0.2) is 19.7 Å². The molecular weight excluding hydrogens is 245 g/mol. The highest BCUT2D eigenvalue weighted by Crippen LogP contribution is 2.22. The molecule has 0 bridgehead atoms. The molecule has 12 heavy (non-hydrogen) atoms. The fraction of sp³-hybridized carbons (Fsp3) is 0. The molecule has 2 aromatic rings. The molecule has 0 radical (unpaired) electrons. The molecule has 6 heteroatoms. The van der Waals surface area contributed by atoms with E-state index in [0.717, 1.165) is 0 Å². The van der Waals surface area contributed by atoms with Gasteiger partial charge in [0.1, 0.15) is 5.15 Å². The summed E-state index contributed by atoms with van der Waals surface area (Å²) >= 11 is 8.84. The van der Waals surface area contributed by atoms with Crippen molar-refractivity contribution in [2.75, 3.05) is 0 Å². The summed E-state index contributed by atoms with van der Waals surface area (Å²) in [5.41, 5.74) is 0.500. The third kappa shape index (κ3) is 1.05. The van der Waals surface area contributed by atoms with Crippen molar-refractivity contribution in [1.29, 1.82) is 0 Å². The van der Waals surface area contributed by atoms with Gasteiger partial charge >= 0.3 is 0 Å². The standard InChI is InChI=1S/C6H3BrClN3O/c7-3-2-9-11-5(12)1-4(8)10-6(3)11/h1-2,12H. The van der Waals surface area contributed by atoms with E-state index in [1.165, 1.54) is 10.6 Å². The number of halogens is 2. The van der Waals surface area contributed by atoms with Crippen LogP contribution in [0.1, 0.15) is 0 Å². The number of hydrogen-bond donors (Lipinski definition) is 1. The SMILES string of the molecule is Oc1cc(Cl)nc2c(Br)cnn12. The smallest absolute Gasteiger partial charge is 0.217 e. The highest BCUT2D eigenvalue weighted by molar-refractivity contribution is 9.10. The molecule has 0 spiro atoms. The largest absolute Gasteiger partial charge is 0.493 e. The molecule has 2 rings (SSSR count). The van der Waals surface area contributed by atoms with Crippen LogP contribution in [0.4, 0.5) is 0 Å². The van der Waals surface area contributed by atoms with Crippen LogP contribution >= 0.6 is 27.5 Å². The first-order chi connectivity index (χ1) is 5.68. The van der Waals surface area contributed by atoms with Crippen LogP contribution < -0.4 is 0 Å². The molecule has 0 saturated heterocycles. The number of hydrogen-bond acceptors (Lipinski definition) is 3. The van der Waals surface area contributed by atoms with Gasteiger partial charge in [0.05, 0.1) is 10.7 Å². The van der Waals surface area contributed by atoms with E-state index < -0.39 is 0 Å². The van der Waals surface area contributed by atoms with E-state index in [1.54, 1.807) is 6.20 Å². The Bertz CT molecular complexity index is 442. The van der Waals surface area contributed by atoms with Crippen molar-refractivity contribution in [3.05, 3.63) is 21.9 Å². The molecule has 0 aliphatic carbocycles. The zero-order chi connectivity index (χ0) is 8.72. The van der Waals surface area contributed by atoms with E-state index in [2.05, 4.69) is 26.0 Å². The molecule has 0 aromatic carbocycles. The molecule has 0 fully saturated rings. The van der Waals surface area contributed by atoms with E-state index in [1.807, 2.05) is 0 Å². The van der Waals surface area contributed by atoms with Crippen molar-refractivity contribution in [3.63, 3.8) is 0 Å². The van der Waals surface area contributed by atoms with Crippen LogP contribution in [-0.2, 0) is 0 Å². The number of aromatic hydroxyl groups is 1. The average Bonchev–Trinajstić information content (AvgIpc) is 2.33. The van der Waals surface area contributed by atoms with E-state index >= 15 is 0 Å². The molecule has 0 unspecified atom stereocenters. The lowest BCUT2D eigenvalue weighted by Crippen LogP contribution is -1.90. The second-order valence-electron chi connectivity index (χ2n) is 2.16. The van der Waals surface area contributed by atoms with Crippen molar-refractivity contribution in [1.82, 2.24) is 14.6 Å². The first-order valence-electron chi connectivity index (χ1n) is 3.07. The van der Waals surface area contributed by atoms with Crippen LogP contribution in [0, 0.1) is 0 Å². The van der Waals surface area contributed by atoms with Crippen molar-refractivity contribution < 1.29 is 5.11 Å². The summed E-state index contributed by atoms with van der Waals surface area (Å²) in [6.07, 6.45) is 1.54. The van der Waals surface area contributed by atoms with Gasteiger partial charge in [-0.15, -0.1) is 0 Å². The summed E-state index contributed by atoms with van der Waals surface area (Å²) < 4.78 is 1.98. The van der Waals surface area contributed by atoms with Crippen LogP contribution in [0.15, 0.2) is 16.7 Å². The summed E-state index contributed by atoms with van der Waals surface area (Å²) in [4.78, 5) is 3.96. The summed E-state index contributed by atoms with van der Waals surface area (Å²) in [6, 6.07) is 1.33. The number of nitrogens with zero attached hydrogens (tertiary/aromatic N) is 3. The minimum absolute atomic E-state index is 0.0318. The normalized spacial score (nSPS) is 10.8. The number of rotatable bonds is 0. The zero-order valence-corrected chi connectivity index (χ0v) is 8.04. The van der Waals surface area contributed by atoms with Gasteiger partial charge < -0.3 is 5.11 Å². The fourth-order valence-corrected chi connectivity index (χ4v) is 1.42. The Kier molecular flexibility index (Phi) is 1.69. The van der Waals surface area contributed by atoms with E-state index in [-0.39, 0.29) is 11.0 Å².